The summed E-state index contributed by atoms with van der Waals surface area (Å²) < 4.78 is 0. The van der Waals surface area contributed by atoms with Gasteiger partial charge in [-0.2, -0.15) is 0 Å². The van der Waals surface area contributed by atoms with Crippen LogP contribution < -0.4 is 15.5 Å². The molecule has 0 spiro atoms. The van der Waals surface area contributed by atoms with Crippen LogP contribution in [0.15, 0.2) is 23.3 Å². The van der Waals surface area contributed by atoms with E-state index < -0.39 is 0 Å². The average molecular weight is 391 g/mol. The van der Waals surface area contributed by atoms with Crippen molar-refractivity contribution in [1.29, 1.82) is 0 Å². The van der Waals surface area contributed by atoms with E-state index in [-0.39, 0.29) is 24.0 Å². The quantitative estimate of drug-likeness (QED) is 0.444. The maximum atomic E-state index is 4.57. The molecule has 0 saturated heterocycles. The second-order valence-corrected chi connectivity index (χ2v) is 4.54. The lowest BCUT2D eigenvalue weighted by atomic mass is 10.2. The molecule has 0 radical (unpaired) electrons. The van der Waals surface area contributed by atoms with E-state index in [0.717, 1.165) is 36.9 Å². The third-order valence-corrected chi connectivity index (χ3v) is 2.57. The molecule has 0 aromatic carbocycles. The maximum Gasteiger partial charge on any atom is 0.191 e. The van der Waals surface area contributed by atoms with Crippen LogP contribution in [0.2, 0.25) is 0 Å². The first-order valence-electron chi connectivity index (χ1n) is 6.81. The Morgan fingerprint density at radius 3 is 2.65 bits per heavy atom. The summed E-state index contributed by atoms with van der Waals surface area (Å²) in [6.07, 6.45) is 2.91. The van der Waals surface area contributed by atoms with E-state index >= 15 is 0 Å². The molecule has 0 bridgehead atoms. The second kappa shape index (κ2) is 10.7. The Morgan fingerprint density at radius 2 is 2.05 bits per heavy atom. The molecule has 1 heterocycles. The number of guanidine groups is 1. The summed E-state index contributed by atoms with van der Waals surface area (Å²) in [5, 5.41) is 6.53. The minimum absolute atomic E-state index is 0. The number of aromatic nitrogens is 1. The molecule has 0 amide bonds. The third-order valence-electron chi connectivity index (χ3n) is 2.57. The Labute approximate surface area is 139 Å². The molecule has 6 heteroatoms. The largest absolute Gasteiger partial charge is 0.363 e. The molecule has 0 aliphatic carbocycles. The van der Waals surface area contributed by atoms with E-state index in [2.05, 4.69) is 40.5 Å². The van der Waals surface area contributed by atoms with Crippen molar-refractivity contribution in [3.63, 3.8) is 0 Å². The van der Waals surface area contributed by atoms with Gasteiger partial charge in [0.05, 0.1) is 6.54 Å². The van der Waals surface area contributed by atoms with Crippen molar-refractivity contribution in [2.24, 2.45) is 4.99 Å². The third kappa shape index (κ3) is 6.93. The molecule has 0 aliphatic heterocycles. The number of hydrogen-bond acceptors (Lipinski definition) is 3. The second-order valence-electron chi connectivity index (χ2n) is 4.54. The molecule has 1 aromatic rings. The minimum Gasteiger partial charge on any atom is -0.363 e. The van der Waals surface area contributed by atoms with E-state index in [0.29, 0.717) is 6.54 Å². The molecule has 5 nitrogen and oxygen atoms in total. The first kappa shape index (κ1) is 18.9. The number of halogens is 1. The Balaban J connectivity index is 0.00000361. The monoisotopic (exact) mass is 391 g/mol. The van der Waals surface area contributed by atoms with Crippen LogP contribution in [-0.4, -0.2) is 38.1 Å². The van der Waals surface area contributed by atoms with Gasteiger partial charge in [0.1, 0.15) is 5.82 Å². The van der Waals surface area contributed by atoms with Crippen molar-refractivity contribution in [3.8, 4) is 0 Å². The fraction of sp³-hybridized carbons (Fsp3) is 0.571. The number of anilines is 1. The van der Waals surface area contributed by atoms with Gasteiger partial charge in [-0.05, 0) is 31.0 Å². The highest BCUT2D eigenvalue weighted by molar-refractivity contribution is 14.0. The highest BCUT2D eigenvalue weighted by Gasteiger charge is 2.00. The smallest absolute Gasteiger partial charge is 0.191 e. The molecule has 0 fully saturated rings. The molecule has 114 valence electrons. The van der Waals surface area contributed by atoms with Crippen LogP contribution in [-0.2, 0) is 6.54 Å². The normalized spacial score (nSPS) is 10.7. The molecule has 2 N–H and O–H groups in total. The van der Waals surface area contributed by atoms with Gasteiger partial charge in [-0.15, -0.1) is 24.0 Å². The predicted molar refractivity (Wildman–Crippen MR) is 97.1 cm³/mol. The van der Waals surface area contributed by atoms with Crippen LogP contribution in [0.4, 0.5) is 5.82 Å². The summed E-state index contributed by atoms with van der Waals surface area (Å²) in [7, 11) is 3.98. The van der Waals surface area contributed by atoms with Crippen LogP contribution in [0.25, 0.3) is 0 Å². The van der Waals surface area contributed by atoms with Gasteiger partial charge in [-0.1, -0.05) is 6.92 Å². The van der Waals surface area contributed by atoms with Crippen LogP contribution in [0.5, 0.6) is 0 Å². The predicted octanol–water partition coefficient (Wildman–Crippen LogP) is 2.23. The Morgan fingerprint density at radius 1 is 1.30 bits per heavy atom. The highest BCUT2D eigenvalue weighted by Crippen LogP contribution is 2.10. The van der Waals surface area contributed by atoms with Crippen LogP contribution in [0.3, 0.4) is 0 Å². The average Bonchev–Trinajstić information content (AvgIpc) is 2.42. The lowest BCUT2D eigenvalue weighted by Gasteiger charge is -2.12. The number of nitrogens with zero attached hydrogens (tertiary/aromatic N) is 3. The Hall–Kier alpha value is -1.05. The highest BCUT2D eigenvalue weighted by atomic mass is 127. The van der Waals surface area contributed by atoms with Crippen molar-refractivity contribution >= 4 is 35.8 Å². The Kier molecular flexibility index (Phi) is 10.1. The van der Waals surface area contributed by atoms with Gasteiger partial charge in [-0.25, -0.2) is 9.98 Å². The summed E-state index contributed by atoms with van der Waals surface area (Å²) >= 11 is 0. The number of hydrogen-bond donors (Lipinski definition) is 2. The van der Waals surface area contributed by atoms with Gasteiger partial charge in [-0.3, -0.25) is 0 Å². The fourth-order valence-electron chi connectivity index (χ4n) is 1.56. The summed E-state index contributed by atoms with van der Waals surface area (Å²) in [6.45, 7) is 6.67. The Bertz CT molecular complexity index is 406. The number of rotatable bonds is 6. The van der Waals surface area contributed by atoms with Crippen molar-refractivity contribution in [2.45, 2.75) is 26.8 Å². The van der Waals surface area contributed by atoms with E-state index in [1.54, 1.807) is 0 Å². The summed E-state index contributed by atoms with van der Waals surface area (Å²) in [4.78, 5) is 10.9. The van der Waals surface area contributed by atoms with Gasteiger partial charge >= 0.3 is 0 Å². The van der Waals surface area contributed by atoms with Crippen molar-refractivity contribution in [2.75, 3.05) is 32.1 Å². The standard InChI is InChI=1S/C14H25N5.HI/c1-5-8-17-14(15-6-2)18-11-12-7-9-16-13(10-12)19(3)4;/h7,9-10H,5-6,8,11H2,1-4H3,(H2,15,17,18);1H. The van der Waals surface area contributed by atoms with E-state index in [9.17, 15) is 0 Å². The molecule has 0 saturated carbocycles. The molecule has 0 unspecified atom stereocenters. The molecule has 0 aliphatic rings. The van der Waals surface area contributed by atoms with Crippen LogP contribution >= 0.6 is 24.0 Å². The van der Waals surface area contributed by atoms with Gasteiger partial charge in [0.25, 0.3) is 0 Å². The summed E-state index contributed by atoms with van der Waals surface area (Å²) in [5.74, 6) is 1.83. The van der Waals surface area contributed by atoms with Crippen LogP contribution in [0.1, 0.15) is 25.8 Å². The lowest BCUT2D eigenvalue weighted by Crippen LogP contribution is -2.37. The fourth-order valence-corrected chi connectivity index (χ4v) is 1.56. The first-order valence-corrected chi connectivity index (χ1v) is 6.81. The van der Waals surface area contributed by atoms with Gasteiger partial charge in [0, 0.05) is 33.4 Å². The van der Waals surface area contributed by atoms with Crippen molar-refractivity contribution in [1.82, 2.24) is 15.6 Å². The van der Waals surface area contributed by atoms with Crippen LogP contribution in [0, 0.1) is 0 Å². The summed E-state index contributed by atoms with van der Waals surface area (Å²) in [5.41, 5.74) is 1.16. The SMILES string of the molecule is CCCNC(=NCc1ccnc(N(C)C)c1)NCC.I. The molecular formula is C14H26IN5. The lowest BCUT2D eigenvalue weighted by molar-refractivity contribution is 0.785. The van der Waals surface area contributed by atoms with Gasteiger partial charge in [0.2, 0.25) is 0 Å². The zero-order valence-corrected chi connectivity index (χ0v) is 15.1. The van der Waals surface area contributed by atoms with E-state index in [1.807, 2.05) is 31.3 Å². The topological polar surface area (TPSA) is 52.6 Å². The zero-order valence-electron chi connectivity index (χ0n) is 12.8. The number of nitrogens with one attached hydrogen (secondary N) is 2. The van der Waals surface area contributed by atoms with Gasteiger partial charge in [0.15, 0.2) is 5.96 Å². The van der Waals surface area contributed by atoms with Crippen molar-refractivity contribution in [3.05, 3.63) is 23.9 Å². The zero-order chi connectivity index (χ0) is 14.1. The molecule has 20 heavy (non-hydrogen) atoms. The molecule has 1 aromatic heterocycles. The number of aliphatic imine (C=N–C) groups is 1. The van der Waals surface area contributed by atoms with E-state index in [1.165, 1.54) is 0 Å². The van der Waals surface area contributed by atoms with E-state index in [4.69, 9.17) is 0 Å². The summed E-state index contributed by atoms with van der Waals surface area (Å²) in [6, 6.07) is 4.06. The molecule has 0 atom stereocenters. The maximum absolute atomic E-state index is 4.57. The molecular weight excluding hydrogens is 365 g/mol. The molecule has 1 rings (SSSR count). The van der Waals surface area contributed by atoms with Gasteiger partial charge < -0.3 is 15.5 Å². The van der Waals surface area contributed by atoms with Crippen molar-refractivity contribution < 1.29 is 0 Å². The minimum atomic E-state index is 0. The number of pyridine rings is 1. The first-order chi connectivity index (χ1) is 9.17.